The number of benzene rings is 2. The maximum absolute atomic E-state index is 12.3. The molecule has 0 spiro atoms. The fraction of sp³-hybridized carbons (Fsp3) is 0.125. The first-order valence-electron chi connectivity index (χ1n) is 7.31. The van der Waals surface area contributed by atoms with Crippen molar-refractivity contribution in [1.82, 2.24) is 10.9 Å². The van der Waals surface area contributed by atoms with Crippen molar-refractivity contribution in [2.45, 2.75) is 10.4 Å². The van der Waals surface area contributed by atoms with Crippen molar-refractivity contribution >= 4 is 46.8 Å². The van der Waals surface area contributed by atoms with E-state index in [9.17, 15) is 27.9 Å². The fourth-order valence-corrected chi connectivity index (χ4v) is 2.89. The molecular formula is C16H11Cl2F3N2O4S. The molecule has 2 aromatic rings. The van der Waals surface area contributed by atoms with E-state index < -0.39 is 29.7 Å². The highest BCUT2D eigenvalue weighted by atomic mass is 35.5. The molecular weight excluding hydrogens is 444 g/mol. The minimum atomic E-state index is -4.40. The number of halogens is 5. The van der Waals surface area contributed by atoms with Gasteiger partial charge in [-0.15, -0.1) is 0 Å². The van der Waals surface area contributed by atoms with Crippen molar-refractivity contribution in [3.8, 4) is 11.5 Å². The lowest BCUT2D eigenvalue weighted by Crippen LogP contribution is -2.43. The Balaban J connectivity index is 1.84. The molecule has 0 aromatic heterocycles. The van der Waals surface area contributed by atoms with Gasteiger partial charge in [0.25, 0.3) is 11.8 Å². The molecule has 0 heterocycles. The van der Waals surface area contributed by atoms with Crippen LogP contribution < -0.4 is 15.6 Å². The lowest BCUT2D eigenvalue weighted by Gasteiger charge is -2.11. The number of hydrazine groups is 1. The van der Waals surface area contributed by atoms with Crippen LogP contribution in [0.5, 0.6) is 11.5 Å². The summed E-state index contributed by atoms with van der Waals surface area (Å²) in [4.78, 5) is 23.6. The molecule has 2 amide bonds. The highest BCUT2D eigenvalue weighted by Gasteiger charge is 2.29. The normalized spacial score (nSPS) is 11.0. The zero-order valence-corrected chi connectivity index (χ0v) is 16.0. The van der Waals surface area contributed by atoms with Crippen LogP contribution in [-0.2, 0) is 4.79 Å². The van der Waals surface area contributed by atoms with E-state index in [1.807, 2.05) is 10.9 Å². The predicted molar refractivity (Wildman–Crippen MR) is 97.6 cm³/mol. The number of hydrogen-bond donors (Lipinski definition) is 3. The number of phenolic OH excluding ortho intramolecular Hbond substituents is 1. The van der Waals surface area contributed by atoms with Crippen LogP contribution in [0.3, 0.4) is 0 Å². The molecule has 2 aromatic carbocycles. The van der Waals surface area contributed by atoms with E-state index in [4.69, 9.17) is 27.9 Å². The molecule has 2 rings (SSSR count). The Morgan fingerprint density at radius 2 is 1.75 bits per heavy atom. The Kier molecular flexibility index (Phi) is 7.28. The summed E-state index contributed by atoms with van der Waals surface area (Å²) >= 11 is 11.2. The topological polar surface area (TPSA) is 87.7 Å². The molecule has 0 aliphatic rings. The Labute approximate surface area is 170 Å². The summed E-state index contributed by atoms with van der Waals surface area (Å²) < 4.78 is 41.9. The molecule has 3 N–H and O–H groups in total. The second-order valence-electron chi connectivity index (χ2n) is 5.09. The van der Waals surface area contributed by atoms with Crippen LogP contribution in [0, 0.1) is 0 Å². The van der Waals surface area contributed by atoms with E-state index in [1.54, 1.807) is 0 Å². The summed E-state index contributed by atoms with van der Waals surface area (Å²) in [6.45, 7) is -0.520. The first-order valence-corrected chi connectivity index (χ1v) is 8.88. The van der Waals surface area contributed by atoms with Crippen molar-refractivity contribution in [1.29, 1.82) is 0 Å². The van der Waals surface area contributed by atoms with Gasteiger partial charge >= 0.3 is 5.51 Å². The summed E-state index contributed by atoms with van der Waals surface area (Å²) in [7, 11) is 0. The number of hydrogen-bond acceptors (Lipinski definition) is 5. The lowest BCUT2D eigenvalue weighted by molar-refractivity contribution is -0.123. The van der Waals surface area contributed by atoms with Gasteiger partial charge in [-0.25, -0.2) is 0 Å². The van der Waals surface area contributed by atoms with Crippen molar-refractivity contribution in [3.05, 3.63) is 52.0 Å². The van der Waals surface area contributed by atoms with E-state index in [2.05, 4.69) is 0 Å². The largest absolute Gasteiger partial charge is 0.506 e. The SMILES string of the molecule is O=C(COc1ccc(SC(F)(F)F)cc1)NNC(=O)c1cc(Cl)cc(Cl)c1O. The summed E-state index contributed by atoms with van der Waals surface area (Å²) in [5.41, 5.74) is -0.567. The minimum Gasteiger partial charge on any atom is -0.506 e. The van der Waals surface area contributed by atoms with Gasteiger partial charge in [0.1, 0.15) is 11.5 Å². The van der Waals surface area contributed by atoms with Gasteiger partial charge in [0.15, 0.2) is 6.61 Å². The fourth-order valence-electron chi connectivity index (χ4n) is 1.86. The molecule has 0 aliphatic heterocycles. The van der Waals surface area contributed by atoms with Gasteiger partial charge in [-0.3, -0.25) is 20.4 Å². The quantitative estimate of drug-likeness (QED) is 0.466. The van der Waals surface area contributed by atoms with E-state index in [1.165, 1.54) is 30.3 Å². The molecule has 0 fully saturated rings. The van der Waals surface area contributed by atoms with E-state index in [0.29, 0.717) is 0 Å². The van der Waals surface area contributed by atoms with Crippen LogP contribution in [-0.4, -0.2) is 29.0 Å². The van der Waals surface area contributed by atoms with Gasteiger partial charge in [0.05, 0.1) is 10.6 Å². The number of aromatic hydroxyl groups is 1. The van der Waals surface area contributed by atoms with Crippen LogP contribution in [0.1, 0.15) is 10.4 Å². The molecule has 0 saturated heterocycles. The highest BCUT2D eigenvalue weighted by Crippen LogP contribution is 2.37. The van der Waals surface area contributed by atoms with Gasteiger partial charge in [-0.1, -0.05) is 23.2 Å². The number of phenols is 1. The van der Waals surface area contributed by atoms with Crippen molar-refractivity contribution < 1.29 is 32.6 Å². The highest BCUT2D eigenvalue weighted by molar-refractivity contribution is 8.00. The number of thioether (sulfide) groups is 1. The summed E-state index contributed by atoms with van der Waals surface area (Å²) in [5.74, 6) is -1.98. The van der Waals surface area contributed by atoms with Gasteiger partial charge in [0, 0.05) is 9.92 Å². The van der Waals surface area contributed by atoms with Crippen molar-refractivity contribution in [2.75, 3.05) is 6.61 Å². The average Bonchev–Trinajstić information content (AvgIpc) is 2.60. The monoisotopic (exact) mass is 454 g/mol. The Hall–Kier alpha value is -2.30. The van der Waals surface area contributed by atoms with Crippen LogP contribution in [0.4, 0.5) is 13.2 Å². The Morgan fingerprint density at radius 1 is 1.11 bits per heavy atom. The van der Waals surface area contributed by atoms with Crippen molar-refractivity contribution in [3.63, 3.8) is 0 Å². The molecule has 0 aliphatic carbocycles. The minimum absolute atomic E-state index is 0.0310. The van der Waals surface area contributed by atoms with Crippen LogP contribution >= 0.6 is 35.0 Å². The zero-order valence-electron chi connectivity index (χ0n) is 13.6. The molecule has 0 saturated carbocycles. The summed E-state index contributed by atoms with van der Waals surface area (Å²) in [5, 5.41) is 9.71. The van der Waals surface area contributed by atoms with E-state index in [0.717, 1.165) is 6.07 Å². The number of nitrogens with one attached hydrogen (secondary N) is 2. The zero-order chi connectivity index (χ0) is 20.9. The number of alkyl halides is 3. The molecule has 0 radical (unpaired) electrons. The van der Waals surface area contributed by atoms with Gasteiger partial charge < -0.3 is 9.84 Å². The molecule has 12 heteroatoms. The third-order valence-electron chi connectivity index (χ3n) is 3.02. The number of ether oxygens (including phenoxy) is 1. The van der Waals surface area contributed by atoms with E-state index in [-0.39, 0.29) is 38.0 Å². The molecule has 0 unspecified atom stereocenters. The number of carbonyl (C=O) groups excluding carboxylic acids is 2. The average molecular weight is 455 g/mol. The van der Waals surface area contributed by atoms with Crippen LogP contribution in [0.2, 0.25) is 10.0 Å². The molecule has 0 bridgehead atoms. The van der Waals surface area contributed by atoms with Crippen LogP contribution in [0.25, 0.3) is 0 Å². The third-order valence-corrected chi connectivity index (χ3v) is 4.26. The third kappa shape index (κ3) is 6.70. The first kappa shape index (κ1) is 22.0. The van der Waals surface area contributed by atoms with E-state index >= 15 is 0 Å². The first-order chi connectivity index (χ1) is 13.0. The Bertz CT molecular complexity index is 879. The second-order valence-corrected chi connectivity index (χ2v) is 7.08. The number of amides is 2. The molecule has 150 valence electrons. The predicted octanol–water partition coefficient (Wildman–Crippen LogP) is 4.15. The molecule has 28 heavy (non-hydrogen) atoms. The smallest absolute Gasteiger partial charge is 0.446 e. The second kappa shape index (κ2) is 9.26. The maximum Gasteiger partial charge on any atom is 0.446 e. The Morgan fingerprint density at radius 3 is 2.36 bits per heavy atom. The van der Waals surface area contributed by atoms with Gasteiger partial charge in [-0.2, -0.15) is 13.2 Å². The molecule has 6 nitrogen and oxygen atoms in total. The number of rotatable bonds is 5. The van der Waals surface area contributed by atoms with Gasteiger partial charge in [0.2, 0.25) is 0 Å². The molecule has 0 atom stereocenters. The van der Waals surface area contributed by atoms with Gasteiger partial charge in [-0.05, 0) is 48.2 Å². The lowest BCUT2D eigenvalue weighted by atomic mass is 10.2. The summed E-state index contributed by atoms with van der Waals surface area (Å²) in [6.07, 6.45) is 0. The summed E-state index contributed by atoms with van der Waals surface area (Å²) in [6, 6.07) is 7.32. The van der Waals surface area contributed by atoms with Crippen LogP contribution in [0.15, 0.2) is 41.3 Å². The van der Waals surface area contributed by atoms with Crippen molar-refractivity contribution in [2.24, 2.45) is 0 Å². The number of carbonyl (C=O) groups is 2. The maximum atomic E-state index is 12.3. The standard InChI is InChI=1S/C16H11Cl2F3N2O4S/c17-8-5-11(14(25)12(18)6-8)15(26)23-22-13(24)7-27-9-1-3-10(4-2-9)28-16(19,20)21/h1-6,25H,7H2,(H,22,24)(H,23,26).